The zero-order chi connectivity index (χ0) is 14.7. The number of nitrogens with one attached hydrogen (secondary N) is 1. The van der Waals surface area contributed by atoms with Crippen LogP contribution >= 0.6 is 0 Å². The lowest BCUT2D eigenvalue weighted by molar-refractivity contribution is 0.589. The smallest absolute Gasteiger partial charge is 0.0672 e. The molecular weight excluding hydrogens is 246 g/mol. The second-order valence-corrected chi connectivity index (χ2v) is 5.67. The van der Waals surface area contributed by atoms with Gasteiger partial charge in [-0.05, 0) is 37.5 Å². The van der Waals surface area contributed by atoms with Crippen LogP contribution < -0.4 is 5.32 Å². The number of nitrogens with zero attached hydrogens (tertiary/aromatic N) is 2. The van der Waals surface area contributed by atoms with Gasteiger partial charge in [0.15, 0.2) is 0 Å². The Hall–Kier alpha value is -1.61. The van der Waals surface area contributed by atoms with Crippen LogP contribution in [0.4, 0.5) is 0 Å². The number of hydrogen-bond donors (Lipinski definition) is 1. The minimum absolute atomic E-state index is 0.514. The molecule has 1 aromatic carbocycles. The molecule has 108 valence electrons. The maximum Gasteiger partial charge on any atom is 0.0672 e. The van der Waals surface area contributed by atoms with Crippen LogP contribution in [0.5, 0.6) is 0 Å². The Morgan fingerprint density at radius 1 is 1.20 bits per heavy atom. The Labute approximate surface area is 122 Å². The summed E-state index contributed by atoms with van der Waals surface area (Å²) < 4.78 is 2.00. The van der Waals surface area contributed by atoms with Crippen LogP contribution in [-0.2, 0) is 13.1 Å². The maximum absolute atomic E-state index is 4.53. The summed E-state index contributed by atoms with van der Waals surface area (Å²) in [5, 5.41) is 7.99. The Balaban J connectivity index is 2.27. The standard InChI is InChI=1S/C17H25N3/c1-6-20-11-17(14(5)19-20)16-8-7-15(9-13(16)4)10-18-12(2)3/h7-9,11-12,18H,6,10H2,1-5H3. The summed E-state index contributed by atoms with van der Waals surface area (Å²) in [7, 11) is 0. The highest BCUT2D eigenvalue weighted by molar-refractivity contribution is 5.69. The molecule has 0 saturated heterocycles. The molecule has 0 saturated carbocycles. The highest BCUT2D eigenvalue weighted by Crippen LogP contribution is 2.26. The predicted molar refractivity (Wildman–Crippen MR) is 84.8 cm³/mol. The maximum atomic E-state index is 4.53. The molecule has 0 aliphatic rings. The van der Waals surface area contributed by atoms with Gasteiger partial charge in [-0.2, -0.15) is 5.10 Å². The van der Waals surface area contributed by atoms with Crippen molar-refractivity contribution >= 4 is 0 Å². The summed E-state index contributed by atoms with van der Waals surface area (Å²) in [6, 6.07) is 7.21. The molecule has 0 radical (unpaired) electrons. The zero-order valence-corrected chi connectivity index (χ0v) is 13.2. The average Bonchev–Trinajstić information content (AvgIpc) is 2.78. The first-order valence-corrected chi connectivity index (χ1v) is 7.38. The van der Waals surface area contributed by atoms with E-state index in [0.717, 1.165) is 18.8 Å². The van der Waals surface area contributed by atoms with Crippen molar-refractivity contribution in [3.63, 3.8) is 0 Å². The van der Waals surface area contributed by atoms with Crippen LogP contribution in [0.1, 0.15) is 37.6 Å². The minimum Gasteiger partial charge on any atom is -0.310 e. The van der Waals surface area contributed by atoms with E-state index in [-0.39, 0.29) is 0 Å². The predicted octanol–water partition coefficient (Wildman–Crippen LogP) is 3.68. The molecule has 0 unspecified atom stereocenters. The van der Waals surface area contributed by atoms with Crippen LogP contribution in [-0.4, -0.2) is 15.8 Å². The molecule has 20 heavy (non-hydrogen) atoms. The number of rotatable bonds is 5. The van der Waals surface area contributed by atoms with E-state index in [4.69, 9.17) is 0 Å². The monoisotopic (exact) mass is 271 g/mol. The van der Waals surface area contributed by atoms with Crippen molar-refractivity contribution in [3.8, 4) is 11.1 Å². The topological polar surface area (TPSA) is 29.9 Å². The van der Waals surface area contributed by atoms with Crippen molar-refractivity contribution in [1.29, 1.82) is 0 Å². The van der Waals surface area contributed by atoms with Gasteiger partial charge in [0.25, 0.3) is 0 Å². The summed E-state index contributed by atoms with van der Waals surface area (Å²) in [5.41, 5.74) is 6.28. The normalized spacial score (nSPS) is 11.3. The molecule has 0 amide bonds. The van der Waals surface area contributed by atoms with E-state index < -0.39 is 0 Å². The summed E-state index contributed by atoms with van der Waals surface area (Å²) in [4.78, 5) is 0. The molecule has 2 aromatic rings. The molecule has 0 fully saturated rings. The van der Waals surface area contributed by atoms with Gasteiger partial charge < -0.3 is 5.32 Å². The first-order valence-electron chi connectivity index (χ1n) is 7.38. The molecule has 0 spiro atoms. The summed E-state index contributed by atoms with van der Waals surface area (Å²) in [6.45, 7) is 12.5. The molecule has 1 aromatic heterocycles. The molecule has 2 rings (SSSR count). The van der Waals surface area contributed by atoms with Gasteiger partial charge >= 0.3 is 0 Å². The summed E-state index contributed by atoms with van der Waals surface area (Å²) >= 11 is 0. The van der Waals surface area contributed by atoms with Gasteiger partial charge in [0, 0.05) is 30.9 Å². The van der Waals surface area contributed by atoms with Gasteiger partial charge in [0.05, 0.1) is 5.69 Å². The lowest BCUT2D eigenvalue weighted by Crippen LogP contribution is -2.21. The van der Waals surface area contributed by atoms with Gasteiger partial charge in [-0.15, -0.1) is 0 Å². The summed E-state index contributed by atoms with van der Waals surface area (Å²) in [6.07, 6.45) is 2.14. The molecule has 0 bridgehead atoms. The first-order chi connectivity index (χ1) is 9.51. The number of hydrogen-bond acceptors (Lipinski definition) is 2. The van der Waals surface area contributed by atoms with Crippen molar-refractivity contribution in [3.05, 3.63) is 41.2 Å². The highest BCUT2D eigenvalue weighted by Gasteiger charge is 2.09. The largest absolute Gasteiger partial charge is 0.310 e. The van der Waals surface area contributed by atoms with E-state index in [1.807, 2.05) is 4.68 Å². The van der Waals surface area contributed by atoms with Gasteiger partial charge in [0.1, 0.15) is 0 Å². The Kier molecular flexibility index (Phi) is 4.61. The van der Waals surface area contributed by atoms with Crippen LogP contribution in [0.3, 0.4) is 0 Å². The van der Waals surface area contributed by atoms with Gasteiger partial charge in [-0.25, -0.2) is 0 Å². The Morgan fingerprint density at radius 3 is 2.50 bits per heavy atom. The quantitative estimate of drug-likeness (QED) is 0.899. The first kappa shape index (κ1) is 14.8. The third-order valence-corrected chi connectivity index (χ3v) is 3.57. The lowest BCUT2D eigenvalue weighted by atomic mass is 9.99. The summed E-state index contributed by atoms with van der Waals surface area (Å²) in [5.74, 6) is 0. The van der Waals surface area contributed by atoms with Crippen molar-refractivity contribution in [2.75, 3.05) is 0 Å². The van der Waals surface area contributed by atoms with Crippen molar-refractivity contribution in [1.82, 2.24) is 15.1 Å². The van der Waals surface area contributed by atoms with E-state index in [2.05, 4.69) is 69.4 Å². The Morgan fingerprint density at radius 2 is 1.95 bits per heavy atom. The lowest BCUT2D eigenvalue weighted by Gasteiger charge is -2.11. The molecule has 0 aliphatic heterocycles. The van der Waals surface area contributed by atoms with Crippen molar-refractivity contribution in [2.45, 2.75) is 53.8 Å². The third-order valence-electron chi connectivity index (χ3n) is 3.57. The SMILES string of the molecule is CCn1cc(-c2ccc(CNC(C)C)cc2C)c(C)n1. The molecule has 3 nitrogen and oxygen atoms in total. The molecule has 1 heterocycles. The van der Waals surface area contributed by atoms with Crippen molar-refractivity contribution < 1.29 is 0 Å². The highest BCUT2D eigenvalue weighted by atomic mass is 15.3. The van der Waals surface area contributed by atoms with Gasteiger partial charge in [-0.3, -0.25) is 4.68 Å². The average molecular weight is 271 g/mol. The second-order valence-electron chi connectivity index (χ2n) is 5.67. The van der Waals surface area contributed by atoms with Gasteiger partial charge in [0.2, 0.25) is 0 Å². The fourth-order valence-electron chi connectivity index (χ4n) is 2.40. The second kappa shape index (κ2) is 6.23. The van der Waals surface area contributed by atoms with E-state index >= 15 is 0 Å². The van der Waals surface area contributed by atoms with Crippen LogP contribution in [0, 0.1) is 13.8 Å². The fraction of sp³-hybridized carbons (Fsp3) is 0.471. The van der Waals surface area contributed by atoms with Crippen LogP contribution in [0.25, 0.3) is 11.1 Å². The van der Waals surface area contributed by atoms with E-state index in [1.165, 1.54) is 22.3 Å². The number of benzene rings is 1. The van der Waals surface area contributed by atoms with E-state index in [1.54, 1.807) is 0 Å². The molecular formula is C17H25N3. The molecule has 0 atom stereocenters. The number of aromatic nitrogens is 2. The Bertz CT molecular complexity index is 582. The third kappa shape index (κ3) is 3.28. The fourth-order valence-corrected chi connectivity index (χ4v) is 2.40. The van der Waals surface area contributed by atoms with E-state index in [9.17, 15) is 0 Å². The molecule has 3 heteroatoms. The van der Waals surface area contributed by atoms with Crippen LogP contribution in [0.2, 0.25) is 0 Å². The van der Waals surface area contributed by atoms with Crippen LogP contribution in [0.15, 0.2) is 24.4 Å². The van der Waals surface area contributed by atoms with Crippen molar-refractivity contribution in [2.24, 2.45) is 0 Å². The molecule has 1 N–H and O–H groups in total. The minimum atomic E-state index is 0.514. The molecule has 0 aliphatic carbocycles. The van der Waals surface area contributed by atoms with E-state index in [0.29, 0.717) is 6.04 Å². The zero-order valence-electron chi connectivity index (χ0n) is 13.2. The number of aryl methyl sites for hydroxylation is 3. The van der Waals surface area contributed by atoms with Gasteiger partial charge in [-0.1, -0.05) is 32.0 Å².